The van der Waals surface area contributed by atoms with Crippen LogP contribution in [0.15, 0.2) is 84.7 Å². The van der Waals surface area contributed by atoms with Gasteiger partial charge in [0.05, 0.1) is 24.8 Å². The molecule has 37 heavy (non-hydrogen) atoms. The molecular formula is C29H27ClN2O5. The summed E-state index contributed by atoms with van der Waals surface area (Å²) in [5.41, 5.74) is 1.95. The Hall–Kier alpha value is -3.97. The van der Waals surface area contributed by atoms with Crippen LogP contribution in [0, 0.1) is 11.1 Å². The number of fused-ring (bicyclic) bond motifs is 2. The van der Waals surface area contributed by atoms with E-state index < -0.39 is 6.29 Å². The number of Topliss-reactive ketones (excluding diaryl/α,β-unsaturated/α-hetero) is 1. The molecule has 0 N–H and O–H groups in total. The van der Waals surface area contributed by atoms with Crippen molar-refractivity contribution in [2.75, 3.05) is 7.11 Å². The quantitative estimate of drug-likeness (QED) is 0.120. The number of nitrogens with zero attached hydrogens (tertiary/aromatic N) is 2. The van der Waals surface area contributed by atoms with E-state index >= 15 is 0 Å². The molecule has 1 aromatic heterocycles. The van der Waals surface area contributed by atoms with Gasteiger partial charge in [0.15, 0.2) is 28.7 Å². The minimum atomic E-state index is -1.16. The molecular weight excluding hydrogens is 492 g/mol. The predicted molar refractivity (Wildman–Crippen MR) is 142 cm³/mol. The van der Waals surface area contributed by atoms with Gasteiger partial charge in [0.2, 0.25) is 6.21 Å². The molecule has 1 aliphatic heterocycles. The number of hydrogen-bond donors (Lipinski definition) is 0. The highest BCUT2D eigenvalue weighted by Gasteiger charge is 2.33. The van der Waals surface area contributed by atoms with Gasteiger partial charge in [-0.2, -0.15) is 4.74 Å². The number of benzene rings is 2. The Balaban J connectivity index is 1.50. The van der Waals surface area contributed by atoms with E-state index in [-0.39, 0.29) is 17.3 Å². The van der Waals surface area contributed by atoms with Crippen LogP contribution in [0.3, 0.4) is 0 Å². The molecule has 0 spiro atoms. The highest BCUT2D eigenvalue weighted by atomic mass is 35.5. The molecule has 0 saturated heterocycles. The topological polar surface area (TPSA) is 75.8 Å². The van der Waals surface area contributed by atoms with Crippen molar-refractivity contribution in [3.8, 4) is 17.2 Å². The molecule has 0 amide bonds. The molecule has 3 aromatic rings. The lowest BCUT2D eigenvalue weighted by Crippen LogP contribution is -2.30. The Morgan fingerprint density at radius 3 is 2.65 bits per heavy atom. The van der Waals surface area contributed by atoms with Crippen LogP contribution in [0.2, 0.25) is 5.02 Å². The van der Waals surface area contributed by atoms with E-state index in [1.54, 1.807) is 54.7 Å². The van der Waals surface area contributed by atoms with Gasteiger partial charge < -0.3 is 24.0 Å². The van der Waals surface area contributed by atoms with Gasteiger partial charge in [0.1, 0.15) is 5.75 Å². The Morgan fingerprint density at radius 1 is 1.16 bits per heavy atom. The fraction of sp³-hybridized carbons (Fsp3) is 0.241. The molecule has 8 heteroatoms. The molecule has 0 bridgehead atoms. The molecule has 2 atom stereocenters. The average Bonchev–Trinajstić information content (AvgIpc) is 3.16. The second-order valence-corrected chi connectivity index (χ2v) is 9.45. The summed E-state index contributed by atoms with van der Waals surface area (Å²) in [4.78, 5) is 13.2. The molecule has 5 rings (SSSR count). The lowest BCUT2D eigenvalue weighted by Gasteiger charge is -2.22. The first kappa shape index (κ1) is 24.7. The number of methoxy groups -OCH3 is 1. The largest absolute Gasteiger partial charge is 0.618 e. The van der Waals surface area contributed by atoms with Crippen molar-refractivity contribution in [2.24, 2.45) is 5.92 Å². The zero-order valence-electron chi connectivity index (χ0n) is 20.4. The third-order valence-electron chi connectivity index (χ3n) is 6.59. The minimum absolute atomic E-state index is 0.101. The molecule has 0 radical (unpaired) electrons. The molecule has 2 heterocycles. The first-order chi connectivity index (χ1) is 17.9. The zero-order valence-corrected chi connectivity index (χ0v) is 21.2. The first-order valence-electron chi connectivity index (χ1n) is 12.1. The van der Waals surface area contributed by atoms with Crippen molar-refractivity contribution in [1.82, 2.24) is 4.57 Å². The third-order valence-corrected chi connectivity index (χ3v) is 6.84. The number of aromatic nitrogens is 1. The maximum atomic E-state index is 13.2. The van der Waals surface area contributed by atoms with Gasteiger partial charge in [0.25, 0.3) is 6.29 Å². The molecule has 1 aliphatic carbocycles. The maximum absolute atomic E-state index is 13.2. The van der Waals surface area contributed by atoms with Crippen LogP contribution in [-0.4, -0.2) is 34.7 Å². The van der Waals surface area contributed by atoms with Gasteiger partial charge >= 0.3 is 0 Å². The number of rotatable bonds is 8. The van der Waals surface area contributed by atoms with Gasteiger partial charge in [-0.15, -0.1) is 0 Å². The summed E-state index contributed by atoms with van der Waals surface area (Å²) >= 11 is 6.03. The summed E-state index contributed by atoms with van der Waals surface area (Å²) in [7, 11) is 1.52. The van der Waals surface area contributed by atoms with Crippen molar-refractivity contribution in [3.05, 3.63) is 106 Å². The lowest BCUT2D eigenvalue weighted by atomic mass is 9.92. The molecule has 0 fully saturated rings. The van der Waals surface area contributed by atoms with Crippen LogP contribution >= 0.6 is 11.6 Å². The van der Waals surface area contributed by atoms with Crippen LogP contribution in [0.4, 0.5) is 0 Å². The number of halogens is 1. The number of hydrogen-bond acceptors (Lipinski definition) is 5. The van der Waals surface area contributed by atoms with Crippen molar-refractivity contribution >= 4 is 23.6 Å². The summed E-state index contributed by atoms with van der Waals surface area (Å²) in [6.07, 6.45) is 7.03. The summed E-state index contributed by atoms with van der Waals surface area (Å²) in [6, 6.07) is 15.6. The van der Waals surface area contributed by atoms with Crippen molar-refractivity contribution in [3.63, 3.8) is 0 Å². The van der Waals surface area contributed by atoms with E-state index in [0.29, 0.717) is 40.1 Å². The SMILES string of the molecule is C=C(C(=O)c1ccccc1)C(Oc1ccc(Cl)cc1)Oc1cn2c(c1OC)C=[N+]([O-])C1=CCCC[C@H]1C2. The van der Waals surface area contributed by atoms with E-state index in [4.69, 9.17) is 25.8 Å². The van der Waals surface area contributed by atoms with Crippen molar-refractivity contribution in [1.29, 1.82) is 0 Å². The van der Waals surface area contributed by atoms with E-state index in [1.807, 2.05) is 16.7 Å². The van der Waals surface area contributed by atoms with Crippen molar-refractivity contribution in [2.45, 2.75) is 32.1 Å². The Morgan fingerprint density at radius 2 is 1.92 bits per heavy atom. The van der Waals surface area contributed by atoms with Crippen LogP contribution in [0.5, 0.6) is 17.2 Å². The number of carbonyl (C=O) groups excluding carboxylic acids is 1. The molecule has 7 nitrogen and oxygen atoms in total. The lowest BCUT2D eigenvalue weighted by molar-refractivity contribution is -0.406. The minimum Gasteiger partial charge on any atom is -0.618 e. The summed E-state index contributed by atoms with van der Waals surface area (Å²) in [5.74, 6) is 0.958. The van der Waals surface area contributed by atoms with E-state index in [1.165, 1.54) is 13.3 Å². The number of carbonyl (C=O) groups is 1. The number of allylic oxidation sites excluding steroid dienone is 2. The van der Waals surface area contributed by atoms with E-state index in [2.05, 4.69) is 6.58 Å². The predicted octanol–water partition coefficient (Wildman–Crippen LogP) is 6.00. The smallest absolute Gasteiger partial charge is 0.271 e. The van der Waals surface area contributed by atoms with Crippen LogP contribution in [-0.2, 0) is 6.54 Å². The molecule has 190 valence electrons. The molecule has 2 aromatic carbocycles. The fourth-order valence-corrected chi connectivity index (χ4v) is 4.83. The first-order valence-corrected chi connectivity index (χ1v) is 12.5. The van der Waals surface area contributed by atoms with Crippen LogP contribution in [0.25, 0.3) is 0 Å². The standard InChI is InChI=1S/C29H27ClN2O5/c1-19(27(33)20-8-4-3-5-9-20)29(36-23-14-12-22(30)13-15-23)37-26-18-31-16-21-10-6-7-11-24(21)32(34)17-25(31)28(26)35-2/h3-5,8-9,11-15,17-18,21,29H,1,6-7,10,16H2,2H3/t21-,29?/m0/s1. The second kappa shape index (κ2) is 10.6. The Kier molecular flexibility index (Phi) is 7.06. The van der Waals surface area contributed by atoms with Crippen molar-refractivity contribution < 1.29 is 23.7 Å². The van der Waals surface area contributed by atoms with Gasteiger partial charge in [-0.05, 0) is 49.6 Å². The summed E-state index contributed by atoms with van der Waals surface area (Å²) < 4.78 is 20.9. The highest BCUT2D eigenvalue weighted by Crippen LogP contribution is 2.38. The third kappa shape index (κ3) is 5.13. The van der Waals surface area contributed by atoms with Crippen LogP contribution in [0.1, 0.15) is 35.3 Å². The number of ether oxygens (including phenoxy) is 3. The van der Waals surface area contributed by atoms with E-state index in [9.17, 15) is 10.0 Å². The average molecular weight is 519 g/mol. The number of hydroxylamine groups is 1. The van der Waals surface area contributed by atoms with Crippen LogP contribution < -0.4 is 14.2 Å². The molecule has 2 aliphatic rings. The zero-order chi connectivity index (χ0) is 25.9. The maximum Gasteiger partial charge on any atom is 0.271 e. The molecule has 1 unspecified atom stereocenters. The highest BCUT2D eigenvalue weighted by molar-refractivity contribution is 6.30. The van der Waals surface area contributed by atoms with Gasteiger partial charge in [0, 0.05) is 17.1 Å². The van der Waals surface area contributed by atoms with Gasteiger partial charge in [-0.25, -0.2) is 0 Å². The van der Waals surface area contributed by atoms with E-state index in [0.717, 1.165) is 29.7 Å². The van der Waals surface area contributed by atoms with Gasteiger partial charge in [-0.1, -0.05) is 48.5 Å². The Bertz CT molecular complexity index is 1380. The monoisotopic (exact) mass is 518 g/mol. The second-order valence-electron chi connectivity index (χ2n) is 9.02. The Labute approximate surface area is 220 Å². The summed E-state index contributed by atoms with van der Waals surface area (Å²) in [6.45, 7) is 4.63. The van der Waals surface area contributed by atoms with Gasteiger partial charge in [-0.3, -0.25) is 4.79 Å². The summed E-state index contributed by atoms with van der Waals surface area (Å²) in [5, 5.41) is 13.5. The normalized spacial score (nSPS) is 17.3. The molecule has 0 saturated carbocycles. The number of ketones is 1. The fourth-order valence-electron chi connectivity index (χ4n) is 4.71.